The van der Waals surface area contributed by atoms with E-state index in [4.69, 9.17) is 5.26 Å². The van der Waals surface area contributed by atoms with E-state index in [1.807, 2.05) is 24.3 Å². The van der Waals surface area contributed by atoms with Gasteiger partial charge in [-0.25, -0.2) is 0 Å². The van der Waals surface area contributed by atoms with Crippen LogP contribution in [0.3, 0.4) is 0 Å². The van der Waals surface area contributed by atoms with Crippen LogP contribution >= 0.6 is 15.9 Å². The highest BCUT2D eigenvalue weighted by atomic mass is 79.9. The lowest BCUT2D eigenvalue weighted by molar-refractivity contribution is 0.881. The summed E-state index contributed by atoms with van der Waals surface area (Å²) in [5.41, 5.74) is 2.41. The molecule has 0 saturated heterocycles. The number of halogens is 1. The van der Waals surface area contributed by atoms with E-state index in [0.717, 1.165) is 16.6 Å². The molecule has 0 saturated carbocycles. The van der Waals surface area contributed by atoms with Gasteiger partial charge >= 0.3 is 0 Å². The van der Waals surface area contributed by atoms with Gasteiger partial charge in [0.25, 0.3) is 0 Å². The summed E-state index contributed by atoms with van der Waals surface area (Å²) in [7, 11) is 0. The van der Waals surface area contributed by atoms with Crippen LogP contribution in [0.4, 0.5) is 5.69 Å². The molecule has 1 aromatic carbocycles. The van der Waals surface area contributed by atoms with Crippen molar-refractivity contribution in [1.29, 1.82) is 5.26 Å². The first kappa shape index (κ1) is 13.2. The van der Waals surface area contributed by atoms with Crippen molar-refractivity contribution in [2.75, 3.05) is 5.32 Å². The van der Waals surface area contributed by atoms with Crippen molar-refractivity contribution in [3.05, 3.63) is 40.3 Å². The molecule has 0 unspecified atom stereocenters. The zero-order chi connectivity index (χ0) is 13.7. The van der Waals surface area contributed by atoms with Gasteiger partial charge in [0, 0.05) is 16.4 Å². The molecule has 2 aromatic rings. The average molecular weight is 319 g/mol. The van der Waals surface area contributed by atoms with E-state index in [9.17, 15) is 0 Å². The quantitative estimate of drug-likeness (QED) is 0.845. The number of anilines is 1. The van der Waals surface area contributed by atoms with Crippen LogP contribution in [-0.2, 0) is 6.42 Å². The summed E-state index contributed by atoms with van der Waals surface area (Å²) in [6.07, 6.45) is 2.49. The Bertz CT molecular complexity index is 626. The van der Waals surface area contributed by atoms with Crippen molar-refractivity contribution in [3.63, 3.8) is 0 Å². The van der Waals surface area contributed by atoms with Crippen molar-refractivity contribution in [2.45, 2.75) is 13.3 Å². The van der Waals surface area contributed by atoms with Crippen LogP contribution in [-0.4, -0.2) is 20.6 Å². The number of aromatic nitrogens is 4. The van der Waals surface area contributed by atoms with E-state index >= 15 is 0 Å². The van der Waals surface area contributed by atoms with Gasteiger partial charge in [0.15, 0.2) is 0 Å². The molecule has 0 aliphatic rings. The van der Waals surface area contributed by atoms with E-state index in [1.54, 1.807) is 6.20 Å². The highest BCUT2D eigenvalue weighted by molar-refractivity contribution is 9.10. The first-order valence-electron chi connectivity index (χ1n) is 5.63. The Hall–Kier alpha value is -2.20. The fourth-order valence-electron chi connectivity index (χ4n) is 1.51. The molecule has 2 N–H and O–H groups in total. The number of benzene rings is 1. The van der Waals surface area contributed by atoms with Gasteiger partial charge in [0.1, 0.15) is 11.6 Å². The van der Waals surface area contributed by atoms with Crippen LogP contribution < -0.4 is 5.32 Å². The van der Waals surface area contributed by atoms with Gasteiger partial charge in [0.2, 0.25) is 5.82 Å². The molecule has 2 rings (SSSR count). The Morgan fingerprint density at radius 1 is 1.58 bits per heavy atom. The summed E-state index contributed by atoms with van der Waals surface area (Å²) in [5, 5.41) is 25.4. The molecule has 0 aliphatic heterocycles. The second kappa shape index (κ2) is 6.11. The number of allylic oxidation sites excluding steroid dienone is 1. The number of nitrogens with zero attached hydrogens (tertiary/aromatic N) is 4. The highest BCUT2D eigenvalue weighted by Gasteiger charge is 2.05. The third kappa shape index (κ3) is 3.17. The fraction of sp³-hybridized carbons (Fsp3) is 0.167. The average Bonchev–Trinajstić information content (AvgIpc) is 2.95. The largest absolute Gasteiger partial charge is 0.360 e. The van der Waals surface area contributed by atoms with E-state index < -0.39 is 0 Å². The molecule has 0 aliphatic carbocycles. The predicted molar refractivity (Wildman–Crippen MR) is 74.9 cm³/mol. The number of tetrazole rings is 1. The summed E-state index contributed by atoms with van der Waals surface area (Å²) < 4.78 is 1.07. The number of nitriles is 1. The number of rotatable bonds is 4. The molecule has 19 heavy (non-hydrogen) atoms. The molecule has 0 bridgehead atoms. The van der Waals surface area contributed by atoms with Gasteiger partial charge in [-0.1, -0.05) is 22.9 Å². The summed E-state index contributed by atoms with van der Waals surface area (Å²) in [6.45, 7) is 2.08. The molecule has 96 valence electrons. The molecular formula is C12H11BrN6. The molecule has 6 nitrogen and oxygen atoms in total. The fourth-order valence-corrected chi connectivity index (χ4v) is 2.04. The normalized spacial score (nSPS) is 11.1. The first-order chi connectivity index (χ1) is 9.24. The van der Waals surface area contributed by atoms with Crippen LogP contribution in [0.25, 0.3) is 5.57 Å². The van der Waals surface area contributed by atoms with Gasteiger partial charge in [0.05, 0.1) is 0 Å². The van der Waals surface area contributed by atoms with E-state index in [1.165, 1.54) is 5.56 Å². The zero-order valence-corrected chi connectivity index (χ0v) is 11.8. The molecule has 0 spiro atoms. The lowest BCUT2D eigenvalue weighted by Crippen LogP contribution is -1.94. The van der Waals surface area contributed by atoms with Crippen molar-refractivity contribution in [1.82, 2.24) is 20.6 Å². The maximum absolute atomic E-state index is 9.03. The highest BCUT2D eigenvalue weighted by Crippen LogP contribution is 2.22. The summed E-state index contributed by atoms with van der Waals surface area (Å²) in [4.78, 5) is 0. The molecule has 7 heteroatoms. The van der Waals surface area contributed by atoms with Crippen LogP contribution in [0.2, 0.25) is 0 Å². The van der Waals surface area contributed by atoms with Crippen molar-refractivity contribution < 1.29 is 0 Å². The van der Waals surface area contributed by atoms with Gasteiger partial charge in [-0.15, -0.1) is 10.2 Å². The summed E-state index contributed by atoms with van der Waals surface area (Å²) >= 11 is 3.49. The Balaban J connectivity index is 2.20. The van der Waals surface area contributed by atoms with E-state index in [-0.39, 0.29) is 5.82 Å². The lowest BCUT2D eigenvalue weighted by atomic mass is 10.1. The second-order valence-corrected chi connectivity index (χ2v) is 4.56. The number of aryl methyl sites for hydroxylation is 1. The first-order valence-corrected chi connectivity index (χ1v) is 6.43. The van der Waals surface area contributed by atoms with Crippen molar-refractivity contribution in [2.24, 2.45) is 0 Å². The standard InChI is InChI=1S/C12H11BrN6/c1-2-8-5-10(3-4-11(8)13)15-7-9(6-14)12-16-18-19-17-12/h3-5,7,15H,2H2,1H3,(H,16,17,18,19). The summed E-state index contributed by atoms with van der Waals surface area (Å²) in [6, 6.07) is 7.93. The molecule has 0 fully saturated rings. The Morgan fingerprint density at radius 2 is 2.42 bits per heavy atom. The van der Waals surface area contributed by atoms with Crippen LogP contribution in [0.1, 0.15) is 18.3 Å². The predicted octanol–water partition coefficient (Wildman–Crippen LogP) is 2.50. The molecule has 0 amide bonds. The minimum absolute atomic E-state index is 0.267. The van der Waals surface area contributed by atoms with Gasteiger partial charge in [-0.2, -0.15) is 10.5 Å². The van der Waals surface area contributed by atoms with Crippen LogP contribution in [0, 0.1) is 11.3 Å². The smallest absolute Gasteiger partial charge is 0.216 e. The van der Waals surface area contributed by atoms with Crippen molar-refractivity contribution >= 4 is 27.2 Å². The maximum atomic E-state index is 9.03. The minimum Gasteiger partial charge on any atom is -0.360 e. The molecular weight excluding hydrogens is 308 g/mol. The molecule has 1 heterocycles. The Morgan fingerprint density at radius 3 is 3.05 bits per heavy atom. The van der Waals surface area contributed by atoms with Crippen molar-refractivity contribution in [3.8, 4) is 6.07 Å². The number of aromatic amines is 1. The molecule has 0 radical (unpaired) electrons. The third-order valence-corrected chi connectivity index (χ3v) is 3.29. The number of hydrogen-bond donors (Lipinski definition) is 2. The third-order valence-electron chi connectivity index (χ3n) is 2.52. The maximum Gasteiger partial charge on any atom is 0.216 e. The van der Waals surface area contributed by atoms with Crippen LogP contribution in [0.15, 0.2) is 28.9 Å². The number of hydrogen-bond acceptors (Lipinski definition) is 5. The SMILES string of the molecule is CCc1cc(NC=C(C#N)c2nn[nH]n2)ccc1Br. The lowest BCUT2D eigenvalue weighted by Gasteiger charge is -2.06. The van der Waals surface area contributed by atoms with E-state index in [2.05, 4.69) is 48.8 Å². The van der Waals surface area contributed by atoms with Crippen LogP contribution in [0.5, 0.6) is 0 Å². The topological polar surface area (TPSA) is 90.3 Å². The monoisotopic (exact) mass is 318 g/mol. The van der Waals surface area contributed by atoms with Gasteiger partial charge in [-0.3, -0.25) is 0 Å². The van der Waals surface area contributed by atoms with Gasteiger partial charge < -0.3 is 5.32 Å². The van der Waals surface area contributed by atoms with Gasteiger partial charge in [-0.05, 0) is 35.4 Å². The number of H-pyrrole nitrogens is 1. The number of nitrogens with one attached hydrogen (secondary N) is 2. The Labute approximate surface area is 118 Å². The zero-order valence-electron chi connectivity index (χ0n) is 10.2. The minimum atomic E-state index is 0.267. The Kier molecular flexibility index (Phi) is 4.26. The summed E-state index contributed by atoms with van der Waals surface area (Å²) in [5.74, 6) is 0.267. The molecule has 0 atom stereocenters. The second-order valence-electron chi connectivity index (χ2n) is 3.71. The van der Waals surface area contributed by atoms with E-state index in [0.29, 0.717) is 5.57 Å². The molecule has 1 aromatic heterocycles.